The number of rotatable bonds is 2. The van der Waals surface area contributed by atoms with Crippen molar-refractivity contribution in [1.82, 2.24) is 0 Å². The smallest absolute Gasteiger partial charge is 0.302 e. The van der Waals surface area contributed by atoms with Gasteiger partial charge in [0.25, 0.3) is 0 Å². The first-order valence-corrected chi connectivity index (χ1v) is 4.64. The van der Waals surface area contributed by atoms with Crippen molar-refractivity contribution in [2.24, 2.45) is 0 Å². The predicted octanol–water partition coefficient (Wildman–Crippen LogP) is 1.03. The van der Waals surface area contributed by atoms with Crippen molar-refractivity contribution in [3.05, 3.63) is 0 Å². The third-order valence-electron chi connectivity index (χ3n) is 1.32. The van der Waals surface area contributed by atoms with Crippen LogP contribution in [-0.2, 0) is 14.3 Å². The zero-order valence-corrected chi connectivity index (χ0v) is 7.52. The summed E-state index contributed by atoms with van der Waals surface area (Å²) in [6.45, 7) is 3.80. The van der Waals surface area contributed by atoms with Crippen molar-refractivity contribution >= 4 is 17.7 Å². The average molecular weight is 176 g/mol. The minimum atomic E-state index is -0.242. The minimum Gasteiger partial charge on any atom is -0.462 e. The van der Waals surface area contributed by atoms with Gasteiger partial charge in [0.2, 0.25) is 0 Å². The van der Waals surface area contributed by atoms with Crippen LogP contribution in [0.4, 0.5) is 0 Å². The van der Waals surface area contributed by atoms with Crippen LogP contribution in [0.25, 0.3) is 0 Å². The highest BCUT2D eigenvalue weighted by atomic mass is 32.2. The second kappa shape index (κ2) is 3.97. The summed E-state index contributed by atoms with van der Waals surface area (Å²) in [7, 11) is 0. The second-order valence-corrected chi connectivity index (χ2v) is 3.70. The molecule has 1 aliphatic rings. The molecule has 0 amide bonds. The van der Waals surface area contributed by atoms with Crippen LogP contribution in [0, 0.1) is 0 Å². The molecule has 0 radical (unpaired) electrons. The molecule has 0 unspecified atom stereocenters. The molecule has 0 saturated carbocycles. The third kappa shape index (κ3) is 3.12. The van der Waals surface area contributed by atoms with E-state index in [4.69, 9.17) is 9.47 Å². The number of hydrogen-bond donors (Lipinski definition) is 0. The molecule has 0 bridgehead atoms. The molecule has 1 saturated heterocycles. The Morgan fingerprint density at radius 2 is 2.55 bits per heavy atom. The first-order chi connectivity index (χ1) is 5.18. The zero-order valence-electron chi connectivity index (χ0n) is 6.70. The number of esters is 1. The fraction of sp³-hybridized carbons (Fsp3) is 0.857. The van der Waals surface area contributed by atoms with E-state index in [1.165, 1.54) is 6.92 Å². The molecular weight excluding hydrogens is 164 g/mol. The molecule has 0 spiro atoms. The van der Waals surface area contributed by atoms with E-state index >= 15 is 0 Å². The van der Waals surface area contributed by atoms with Crippen LogP contribution in [0.5, 0.6) is 0 Å². The van der Waals surface area contributed by atoms with Crippen LogP contribution >= 0.6 is 11.8 Å². The normalized spacial score (nSPS) is 30.4. The van der Waals surface area contributed by atoms with Crippen molar-refractivity contribution in [1.29, 1.82) is 0 Å². The lowest BCUT2D eigenvalue weighted by molar-refractivity contribution is -0.143. The van der Waals surface area contributed by atoms with E-state index < -0.39 is 0 Å². The number of ether oxygens (including phenoxy) is 2. The molecule has 0 N–H and O–H groups in total. The largest absolute Gasteiger partial charge is 0.462 e. The van der Waals surface area contributed by atoms with Crippen LogP contribution in [0.3, 0.4) is 0 Å². The van der Waals surface area contributed by atoms with Gasteiger partial charge in [-0.25, -0.2) is 0 Å². The topological polar surface area (TPSA) is 35.5 Å². The molecule has 1 rings (SSSR count). The van der Waals surface area contributed by atoms with Crippen LogP contribution in [0.15, 0.2) is 0 Å². The Hall–Kier alpha value is -0.220. The highest BCUT2D eigenvalue weighted by Gasteiger charge is 2.22. The summed E-state index contributed by atoms with van der Waals surface area (Å²) in [5.74, 6) is 0.750. The van der Waals surface area contributed by atoms with E-state index in [9.17, 15) is 4.79 Å². The van der Waals surface area contributed by atoms with Gasteiger partial charge in [-0.15, -0.1) is 11.8 Å². The van der Waals surface area contributed by atoms with Gasteiger partial charge in [-0.05, 0) is 6.92 Å². The number of thioether (sulfide) groups is 1. The van der Waals surface area contributed by atoms with Crippen molar-refractivity contribution in [2.45, 2.75) is 25.4 Å². The van der Waals surface area contributed by atoms with Gasteiger partial charge in [0.1, 0.15) is 12.0 Å². The molecule has 0 aromatic rings. The van der Waals surface area contributed by atoms with Gasteiger partial charge in [-0.3, -0.25) is 4.79 Å². The van der Waals surface area contributed by atoms with Crippen LogP contribution in [0.2, 0.25) is 0 Å². The molecule has 11 heavy (non-hydrogen) atoms. The fourth-order valence-corrected chi connectivity index (χ4v) is 1.85. The molecule has 64 valence electrons. The lowest BCUT2D eigenvalue weighted by Gasteiger charge is -2.08. The minimum absolute atomic E-state index is 0.0499. The lowest BCUT2D eigenvalue weighted by Crippen LogP contribution is -2.15. The Morgan fingerprint density at radius 3 is 3.00 bits per heavy atom. The van der Waals surface area contributed by atoms with Gasteiger partial charge in [-0.1, -0.05) is 0 Å². The van der Waals surface area contributed by atoms with Crippen molar-refractivity contribution < 1.29 is 14.3 Å². The van der Waals surface area contributed by atoms with E-state index in [0.29, 0.717) is 12.7 Å². The molecular formula is C7H12O3S. The summed E-state index contributed by atoms with van der Waals surface area (Å²) in [5, 5.41) is 0. The monoisotopic (exact) mass is 176 g/mol. The molecule has 1 aliphatic heterocycles. The van der Waals surface area contributed by atoms with Crippen molar-refractivity contribution in [3.8, 4) is 0 Å². The first-order valence-electron chi connectivity index (χ1n) is 3.59. The Labute approximate surface area is 70.4 Å². The highest BCUT2D eigenvalue weighted by molar-refractivity contribution is 8.00. The zero-order chi connectivity index (χ0) is 8.27. The predicted molar refractivity (Wildman–Crippen MR) is 43.4 cm³/mol. The Morgan fingerprint density at radius 1 is 1.82 bits per heavy atom. The molecule has 0 aromatic carbocycles. The van der Waals surface area contributed by atoms with E-state index in [0.717, 1.165) is 5.75 Å². The molecule has 1 heterocycles. The Balaban J connectivity index is 2.13. The van der Waals surface area contributed by atoms with Gasteiger partial charge in [0.05, 0.1) is 6.10 Å². The molecule has 2 atom stereocenters. The van der Waals surface area contributed by atoms with Gasteiger partial charge in [0.15, 0.2) is 0 Å². The summed E-state index contributed by atoms with van der Waals surface area (Å²) >= 11 is 1.69. The maximum Gasteiger partial charge on any atom is 0.302 e. The van der Waals surface area contributed by atoms with Crippen molar-refractivity contribution in [3.63, 3.8) is 0 Å². The molecule has 0 aliphatic carbocycles. The van der Waals surface area contributed by atoms with E-state index in [1.54, 1.807) is 11.8 Å². The number of hydrogen-bond acceptors (Lipinski definition) is 4. The summed E-state index contributed by atoms with van der Waals surface area (Å²) in [6, 6.07) is 0. The fourth-order valence-electron chi connectivity index (χ4n) is 0.853. The van der Waals surface area contributed by atoms with Crippen LogP contribution in [-0.4, -0.2) is 29.9 Å². The standard InChI is InChI=1S/C7H12O3S/c1-5-4-11-7(10-5)3-9-6(2)8/h5,7H,3-4H2,1-2H3/t5-,7-/m1/s1. The van der Waals surface area contributed by atoms with E-state index in [-0.39, 0.29) is 11.4 Å². The number of carbonyl (C=O) groups is 1. The first kappa shape index (κ1) is 8.87. The lowest BCUT2D eigenvalue weighted by atomic mass is 10.5. The van der Waals surface area contributed by atoms with Crippen LogP contribution in [0.1, 0.15) is 13.8 Å². The average Bonchev–Trinajstić information content (AvgIpc) is 2.31. The van der Waals surface area contributed by atoms with Crippen molar-refractivity contribution in [2.75, 3.05) is 12.4 Å². The SMILES string of the molecule is CC(=O)OC[C@@H]1O[C@H](C)CS1. The Bertz CT molecular complexity index is 149. The third-order valence-corrected chi connectivity index (χ3v) is 2.60. The van der Waals surface area contributed by atoms with Gasteiger partial charge in [0, 0.05) is 12.7 Å². The second-order valence-electron chi connectivity index (χ2n) is 2.51. The maximum atomic E-state index is 10.4. The molecule has 3 nitrogen and oxygen atoms in total. The Kier molecular flexibility index (Phi) is 3.20. The van der Waals surface area contributed by atoms with Gasteiger partial charge >= 0.3 is 5.97 Å². The summed E-state index contributed by atoms with van der Waals surface area (Å²) in [5.41, 5.74) is 0.0499. The quantitative estimate of drug-likeness (QED) is 0.589. The molecule has 4 heteroatoms. The summed E-state index contributed by atoms with van der Waals surface area (Å²) in [6.07, 6.45) is 0.292. The van der Waals surface area contributed by atoms with Gasteiger partial charge in [-0.2, -0.15) is 0 Å². The molecule has 1 fully saturated rings. The highest BCUT2D eigenvalue weighted by Crippen LogP contribution is 2.24. The maximum absolute atomic E-state index is 10.4. The molecule has 0 aromatic heterocycles. The summed E-state index contributed by atoms with van der Waals surface area (Å²) in [4.78, 5) is 10.4. The summed E-state index contributed by atoms with van der Waals surface area (Å²) < 4.78 is 10.2. The van der Waals surface area contributed by atoms with Crippen LogP contribution < -0.4 is 0 Å². The van der Waals surface area contributed by atoms with E-state index in [2.05, 4.69) is 0 Å². The van der Waals surface area contributed by atoms with Gasteiger partial charge < -0.3 is 9.47 Å². The number of carbonyl (C=O) groups excluding carboxylic acids is 1. The van der Waals surface area contributed by atoms with E-state index in [1.807, 2.05) is 6.92 Å².